The van der Waals surface area contributed by atoms with Gasteiger partial charge >= 0.3 is 0 Å². The van der Waals surface area contributed by atoms with Gasteiger partial charge in [-0.05, 0) is 30.0 Å². The molecule has 0 radical (unpaired) electrons. The Labute approximate surface area is 154 Å². The average Bonchev–Trinajstić information content (AvgIpc) is 2.53. The van der Waals surface area contributed by atoms with Crippen LogP contribution in [0.4, 0.5) is 5.69 Å². The van der Waals surface area contributed by atoms with Gasteiger partial charge in [0.25, 0.3) is 0 Å². The summed E-state index contributed by atoms with van der Waals surface area (Å²) in [5.41, 5.74) is 10.2. The smallest absolute Gasteiger partial charge is 0.191 e. The Hall–Kier alpha value is -0.630. The van der Waals surface area contributed by atoms with Gasteiger partial charge in [-0.2, -0.15) is 11.8 Å². The van der Waals surface area contributed by atoms with Crippen molar-refractivity contribution >= 4 is 47.4 Å². The van der Waals surface area contributed by atoms with Crippen molar-refractivity contribution in [1.82, 2.24) is 4.90 Å². The molecule has 0 aromatic heterocycles. The van der Waals surface area contributed by atoms with E-state index in [1.54, 1.807) is 0 Å². The molecule has 0 bridgehead atoms. The second-order valence-corrected chi connectivity index (χ2v) is 6.99. The third-order valence-corrected chi connectivity index (χ3v) is 5.20. The third-order valence-electron chi connectivity index (χ3n) is 4.25. The number of hydrogen-bond donors (Lipinski definition) is 1. The summed E-state index contributed by atoms with van der Waals surface area (Å²) < 4.78 is 0. The highest BCUT2D eigenvalue weighted by Gasteiger charge is 2.14. The maximum atomic E-state index is 6.11. The zero-order chi connectivity index (χ0) is 14.7. The van der Waals surface area contributed by atoms with E-state index in [4.69, 9.17) is 5.73 Å². The third kappa shape index (κ3) is 4.22. The van der Waals surface area contributed by atoms with Crippen LogP contribution < -0.4 is 10.6 Å². The molecule has 3 rings (SSSR count). The van der Waals surface area contributed by atoms with Crippen molar-refractivity contribution in [3.8, 4) is 0 Å². The second kappa shape index (κ2) is 8.29. The van der Waals surface area contributed by atoms with E-state index in [2.05, 4.69) is 40.0 Å². The minimum absolute atomic E-state index is 0. The fraction of sp³-hybridized carbons (Fsp3) is 0.562. The molecule has 122 valence electrons. The minimum Gasteiger partial charge on any atom is -0.374 e. The summed E-state index contributed by atoms with van der Waals surface area (Å²) in [6, 6.07) is 6.71. The molecule has 0 amide bonds. The van der Waals surface area contributed by atoms with Crippen molar-refractivity contribution in [2.24, 2.45) is 10.7 Å². The molecular formula is C16H25IN4S. The lowest BCUT2D eigenvalue weighted by atomic mass is 10.00. The van der Waals surface area contributed by atoms with Crippen molar-refractivity contribution in [1.29, 1.82) is 0 Å². The highest BCUT2D eigenvalue weighted by atomic mass is 127. The fourth-order valence-corrected chi connectivity index (χ4v) is 3.90. The van der Waals surface area contributed by atoms with E-state index < -0.39 is 0 Å². The lowest BCUT2D eigenvalue weighted by molar-refractivity contribution is 0.455. The van der Waals surface area contributed by atoms with Crippen LogP contribution in [-0.2, 0) is 13.0 Å². The molecule has 2 aliphatic heterocycles. The molecule has 0 unspecified atom stereocenters. The topological polar surface area (TPSA) is 44.9 Å². The van der Waals surface area contributed by atoms with Gasteiger partial charge in [0.2, 0.25) is 0 Å². The van der Waals surface area contributed by atoms with Gasteiger partial charge in [0.15, 0.2) is 5.96 Å². The zero-order valence-electron chi connectivity index (χ0n) is 13.1. The van der Waals surface area contributed by atoms with Crippen molar-refractivity contribution in [2.75, 3.05) is 43.1 Å². The molecular weight excluding hydrogens is 407 g/mol. The van der Waals surface area contributed by atoms with E-state index in [0.29, 0.717) is 12.5 Å². The molecule has 6 heteroatoms. The largest absolute Gasteiger partial charge is 0.374 e. The molecule has 2 N–H and O–H groups in total. The number of nitrogens with zero attached hydrogens (tertiary/aromatic N) is 3. The Morgan fingerprint density at radius 3 is 2.82 bits per heavy atom. The highest BCUT2D eigenvalue weighted by Crippen LogP contribution is 2.27. The molecule has 1 aromatic rings. The van der Waals surface area contributed by atoms with Crippen LogP contribution in [0.2, 0.25) is 0 Å². The molecule has 2 aliphatic rings. The van der Waals surface area contributed by atoms with Crippen LogP contribution in [0.5, 0.6) is 0 Å². The molecule has 4 nitrogen and oxygen atoms in total. The summed E-state index contributed by atoms with van der Waals surface area (Å²) in [6.07, 6.45) is 2.42. The number of rotatable bonds is 2. The molecule has 0 spiro atoms. The monoisotopic (exact) mass is 432 g/mol. The van der Waals surface area contributed by atoms with E-state index in [9.17, 15) is 0 Å². The number of fused-ring (bicyclic) bond motifs is 1. The van der Waals surface area contributed by atoms with E-state index >= 15 is 0 Å². The number of guanidine groups is 1. The number of halogens is 1. The van der Waals surface area contributed by atoms with Crippen molar-refractivity contribution in [3.63, 3.8) is 0 Å². The number of hydrogen-bond acceptors (Lipinski definition) is 3. The summed E-state index contributed by atoms with van der Waals surface area (Å²) in [5, 5.41) is 0. The maximum absolute atomic E-state index is 6.11. The Balaban J connectivity index is 0.00000176. The van der Waals surface area contributed by atoms with E-state index in [1.807, 2.05) is 11.8 Å². The lowest BCUT2D eigenvalue weighted by Crippen LogP contribution is -2.42. The van der Waals surface area contributed by atoms with Crippen LogP contribution in [0.1, 0.15) is 17.5 Å². The van der Waals surface area contributed by atoms with Crippen LogP contribution in [0, 0.1) is 0 Å². The molecule has 22 heavy (non-hydrogen) atoms. The van der Waals surface area contributed by atoms with Gasteiger partial charge in [-0.3, -0.25) is 0 Å². The summed E-state index contributed by atoms with van der Waals surface area (Å²) in [5.74, 6) is 3.01. The summed E-state index contributed by atoms with van der Waals surface area (Å²) >= 11 is 1.99. The lowest BCUT2D eigenvalue weighted by Gasteiger charge is -2.28. The van der Waals surface area contributed by atoms with Crippen LogP contribution in [-0.4, -0.2) is 49.0 Å². The Morgan fingerprint density at radius 2 is 2.05 bits per heavy atom. The fourth-order valence-electron chi connectivity index (χ4n) is 3.00. The van der Waals surface area contributed by atoms with Gasteiger partial charge in [0.05, 0.1) is 6.54 Å². The minimum atomic E-state index is 0. The first-order chi connectivity index (χ1) is 10.2. The molecule has 0 atom stereocenters. The molecule has 2 heterocycles. The van der Waals surface area contributed by atoms with Gasteiger partial charge in [-0.15, -0.1) is 24.0 Å². The number of anilines is 1. The van der Waals surface area contributed by atoms with E-state index in [0.717, 1.165) is 31.1 Å². The highest BCUT2D eigenvalue weighted by molar-refractivity contribution is 14.0. The Morgan fingerprint density at radius 1 is 1.27 bits per heavy atom. The first kappa shape index (κ1) is 17.7. The van der Waals surface area contributed by atoms with Gasteiger partial charge in [0.1, 0.15) is 0 Å². The van der Waals surface area contributed by atoms with E-state index in [1.165, 1.54) is 29.7 Å². The van der Waals surface area contributed by atoms with Gasteiger partial charge in [-0.1, -0.05) is 12.1 Å². The first-order valence-electron chi connectivity index (χ1n) is 7.69. The molecule has 0 aliphatic carbocycles. The van der Waals surface area contributed by atoms with Crippen LogP contribution >= 0.6 is 35.7 Å². The Kier molecular flexibility index (Phi) is 6.67. The molecule has 1 fully saturated rings. The Bertz CT molecular complexity index is 529. The summed E-state index contributed by atoms with van der Waals surface area (Å²) in [7, 11) is 2.17. The van der Waals surface area contributed by atoms with Gasteiger partial charge < -0.3 is 15.5 Å². The number of nitrogens with two attached hydrogens (primary N) is 1. The maximum Gasteiger partial charge on any atom is 0.191 e. The van der Waals surface area contributed by atoms with Gasteiger partial charge in [-0.25, -0.2) is 4.99 Å². The number of aryl methyl sites for hydroxylation is 1. The van der Waals surface area contributed by atoms with Gasteiger partial charge in [0, 0.05) is 43.9 Å². The zero-order valence-corrected chi connectivity index (χ0v) is 16.3. The van der Waals surface area contributed by atoms with Crippen LogP contribution in [0.25, 0.3) is 0 Å². The van der Waals surface area contributed by atoms with Crippen LogP contribution in [0.3, 0.4) is 0 Å². The number of aliphatic imine (C=N–C) groups is 1. The SMILES string of the molecule is CN1CCCc2cc(CN=C(N)N3CCSCC3)ccc21.I. The quantitative estimate of drug-likeness (QED) is 0.443. The number of thioether (sulfide) groups is 1. The normalized spacial score (nSPS) is 18.7. The standard InChI is InChI=1S/C16H24N4S.HI/c1-19-6-2-3-14-11-13(4-5-15(14)19)12-18-16(17)20-7-9-21-10-8-20;/h4-5,11H,2-3,6-10,12H2,1H3,(H2,17,18);1H. The van der Waals surface area contributed by atoms with E-state index in [-0.39, 0.29) is 24.0 Å². The second-order valence-electron chi connectivity index (χ2n) is 5.76. The predicted molar refractivity (Wildman–Crippen MR) is 108 cm³/mol. The predicted octanol–water partition coefficient (Wildman–Crippen LogP) is 2.55. The number of benzene rings is 1. The first-order valence-corrected chi connectivity index (χ1v) is 8.85. The summed E-state index contributed by atoms with van der Waals surface area (Å²) in [4.78, 5) is 9.12. The van der Waals surface area contributed by atoms with Crippen molar-refractivity contribution < 1.29 is 0 Å². The van der Waals surface area contributed by atoms with Crippen molar-refractivity contribution in [2.45, 2.75) is 19.4 Å². The molecule has 1 aromatic carbocycles. The summed E-state index contributed by atoms with van der Waals surface area (Å²) in [6.45, 7) is 3.89. The molecule has 1 saturated heterocycles. The van der Waals surface area contributed by atoms with Crippen molar-refractivity contribution in [3.05, 3.63) is 29.3 Å². The van der Waals surface area contributed by atoms with Crippen LogP contribution in [0.15, 0.2) is 23.2 Å². The molecule has 0 saturated carbocycles. The average molecular weight is 432 g/mol.